The summed E-state index contributed by atoms with van der Waals surface area (Å²) < 4.78 is 0. The highest BCUT2D eigenvalue weighted by atomic mass is 16.1. The maximum atomic E-state index is 12.3. The van der Waals surface area contributed by atoms with E-state index < -0.39 is 0 Å². The number of fused-ring (bicyclic) bond motifs is 1. The van der Waals surface area contributed by atoms with Crippen LogP contribution in [0.2, 0.25) is 0 Å². The van der Waals surface area contributed by atoms with Gasteiger partial charge in [-0.15, -0.1) is 0 Å². The normalized spacial score (nSPS) is 10.9. The third-order valence-electron chi connectivity index (χ3n) is 3.46. The Morgan fingerprint density at radius 3 is 2.60 bits per heavy atom. The van der Waals surface area contributed by atoms with Crippen molar-refractivity contribution < 1.29 is 4.79 Å². The van der Waals surface area contributed by atoms with Crippen LogP contribution in [0.1, 0.15) is 49.9 Å². The number of para-hydroxylation sites is 1. The highest BCUT2D eigenvalue weighted by molar-refractivity contribution is 5.97. The summed E-state index contributed by atoms with van der Waals surface area (Å²) in [7, 11) is 0. The smallest absolute Gasteiger partial charge is 0.253 e. The van der Waals surface area contributed by atoms with Crippen LogP contribution in [0.4, 0.5) is 0 Å². The Morgan fingerprint density at radius 2 is 1.90 bits per heavy atom. The van der Waals surface area contributed by atoms with Gasteiger partial charge in [0.05, 0.1) is 11.1 Å². The molecule has 1 N–H and O–H groups in total. The number of benzene rings is 1. The molecule has 3 nitrogen and oxygen atoms in total. The fourth-order valence-corrected chi connectivity index (χ4v) is 2.45. The SMILES string of the molecule is CCCC(CCC)NC(=O)c1cnc2ccccc2c1. The van der Waals surface area contributed by atoms with E-state index >= 15 is 0 Å². The molecule has 0 aliphatic carbocycles. The van der Waals surface area contributed by atoms with Gasteiger partial charge in [-0.05, 0) is 25.0 Å². The van der Waals surface area contributed by atoms with Gasteiger partial charge in [0.1, 0.15) is 0 Å². The van der Waals surface area contributed by atoms with Gasteiger partial charge in [-0.1, -0.05) is 44.9 Å². The largest absolute Gasteiger partial charge is 0.349 e. The van der Waals surface area contributed by atoms with Gasteiger partial charge in [0, 0.05) is 17.6 Å². The molecule has 106 valence electrons. The molecule has 0 spiro atoms. The lowest BCUT2D eigenvalue weighted by Gasteiger charge is -2.17. The summed E-state index contributed by atoms with van der Waals surface area (Å²) in [4.78, 5) is 16.6. The van der Waals surface area contributed by atoms with Crippen LogP contribution in [0.5, 0.6) is 0 Å². The van der Waals surface area contributed by atoms with Crippen LogP contribution in [-0.2, 0) is 0 Å². The molecule has 0 unspecified atom stereocenters. The molecule has 3 heteroatoms. The van der Waals surface area contributed by atoms with Crippen molar-refractivity contribution in [2.45, 2.75) is 45.6 Å². The molecule has 1 amide bonds. The third-order valence-corrected chi connectivity index (χ3v) is 3.46. The summed E-state index contributed by atoms with van der Waals surface area (Å²) in [5.41, 5.74) is 1.56. The van der Waals surface area contributed by atoms with Crippen molar-refractivity contribution in [1.82, 2.24) is 10.3 Å². The van der Waals surface area contributed by atoms with Crippen LogP contribution >= 0.6 is 0 Å². The van der Waals surface area contributed by atoms with Crippen LogP contribution in [0, 0.1) is 0 Å². The fourth-order valence-electron chi connectivity index (χ4n) is 2.45. The zero-order valence-corrected chi connectivity index (χ0v) is 12.2. The van der Waals surface area contributed by atoms with E-state index in [0.717, 1.165) is 36.6 Å². The van der Waals surface area contributed by atoms with Crippen molar-refractivity contribution >= 4 is 16.8 Å². The van der Waals surface area contributed by atoms with Crippen molar-refractivity contribution in [3.63, 3.8) is 0 Å². The van der Waals surface area contributed by atoms with Gasteiger partial charge in [-0.2, -0.15) is 0 Å². The quantitative estimate of drug-likeness (QED) is 0.864. The van der Waals surface area contributed by atoms with Crippen LogP contribution in [0.3, 0.4) is 0 Å². The molecule has 0 aliphatic rings. The molecule has 2 rings (SSSR count). The molecule has 1 aromatic carbocycles. The molecular weight excluding hydrogens is 248 g/mol. The average molecular weight is 270 g/mol. The first kappa shape index (κ1) is 14.5. The van der Waals surface area contributed by atoms with Gasteiger partial charge in [-0.25, -0.2) is 0 Å². The molecule has 0 saturated heterocycles. The van der Waals surface area contributed by atoms with E-state index in [1.807, 2.05) is 30.3 Å². The van der Waals surface area contributed by atoms with Crippen LogP contribution in [0.15, 0.2) is 36.5 Å². The van der Waals surface area contributed by atoms with E-state index in [1.54, 1.807) is 6.20 Å². The number of hydrogen-bond donors (Lipinski definition) is 1. The second-order valence-corrected chi connectivity index (χ2v) is 5.16. The Hall–Kier alpha value is -1.90. The fraction of sp³-hybridized carbons (Fsp3) is 0.412. The van der Waals surface area contributed by atoms with Gasteiger partial charge >= 0.3 is 0 Å². The number of carbonyl (C=O) groups is 1. The zero-order valence-electron chi connectivity index (χ0n) is 12.2. The lowest BCUT2D eigenvalue weighted by atomic mass is 10.1. The minimum absolute atomic E-state index is 0.0184. The second kappa shape index (κ2) is 7.04. The number of hydrogen-bond acceptors (Lipinski definition) is 2. The summed E-state index contributed by atoms with van der Waals surface area (Å²) in [6, 6.07) is 10.0. The van der Waals surface area contributed by atoms with E-state index in [-0.39, 0.29) is 11.9 Å². The van der Waals surface area contributed by atoms with Crippen molar-refractivity contribution in [2.24, 2.45) is 0 Å². The average Bonchev–Trinajstić information content (AvgIpc) is 2.47. The molecule has 0 radical (unpaired) electrons. The Morgan fingerprint density at radius 1 is 1.20 bits per heavy atom. The van der Waals surface area contributed by atoms with Crippen molar-refractivity contribution in [2.75, 3.05) is 0 Å². The molecule has 0 aliphatic heterocycles. The van der Waals surface area contributed by atoms with E-state index in [2.05, 4.69) is 24.1 Å². The van der Waals surface area contributed by atoms with Gasteiger partial charge in [0.15, 0.2) is 0 Å². The summed E-state index contributed by atoms with van der Waals surface area (Å²) in [6.45, 7) is 4.29. The lowest BCUT2D eigenvalue weighted by molar-refractivity contribution is 0.0932. The van der Waals surface area contributed by atoms with Crippen molar-refractivity contribution in [3.8, 4) is 0 Å². The van der Waals surface area contributed by atoms with E-state index in [4.69, 9.17) is 0 Å². The van der Waals surface area contributed by atoms with Crippen molar-refractivity contribution in [3.05, 3.63) is 42.1 Å². The highest BCUT2D eigenvalue weighted by Gasteiger charge is 2.13. The summed E-state index contributed by atoms with van der Waals surface area (Å²) in [5.74, 6) is -0.0184. The summed E-state index contributed by atoms with van der Waals surface area (Å²) in [5, 5.41) is 4.12. The predicted molar refractivity (Wildman–Crippen MR) is 82.8 cm³/mol. The number of aromatic nitrogens is 1. The highest BCUT2D eigenvalue weighted by Crippen LogP contribution is 2.13. The van der Waals surface area contributed by atoms with Gasteiger partial charge in [0.25, 0.3) is 5.91 Å². The predicted octanol–water partition coefficient (Wildman–Crippen LogP) is 3.93. The Balaban J connectivity index is 2.13. The molecule has 2 aromatic rings. The molecule has 0 bridgehead atoms. The number of amides is 1. The van der Waals surface area contributed by atoms with Crippen LogP contribution < -0.4 is 5.32 Å². The number of rotatable bonds is 6. The standard InChI is InChI=1S/C17H22N2O/c1-3-7-15(8-4-2)19-17(20)14-11-13-9-5-6-10-16(13)18-12-14/h5-6,9-12,15H,3-4,7-8H2,1-2H3,(H,19,20). The number of nitrogens with zero attached hydrogens (tertiary/aromatic N) is 1. The minimum Gasteiger partial charge on any atom is -0.349 e. The van der Waals surface area contributed by atoms with Crippen molar-refractivity contribution in [1.29, 1.82) is 0 Å². The molecule has 20 heavy (non-hydrogen) atoms. The maximum Gasteiger partial charge on any atom is 0.253 e. The van der Waals surface area contributed by atoms with Crippen LogP contribution in [-0.4, -0.2) is 16.9 Å². The number of carbonyl (C=O) groups excluding carboxylic acids is 1. The second-order valence-electron chi connectivity index (χ2n) is 5.16. The third kappa shape index (κ3) is 3.56. The van der Waals surface area contributed by atoms with E-state index in [9.17, 15) is 4.79 Å². The summed E-state index contributed by atoms with van der Waals surface area (Å²) >= 11 is 0. The Kier molecular flexibility index (Phi) is 5.10. The zero-order chi connectivity index (χ0) is 14.4. The molecule has 0 saturated carbocycles. The summed E-state index contributed by atoms with van der Waals surface area (Å²) in [6.07, 6.45) is 5.88. The van der Waals surface area contributed by atoms with Gasteiger partial charge in [-0.3, -0.25) is 9.78 Å². The first-order valence-corrected chi connectivity index (χ1v) is 7.40. The molecule has 1 aromatic heterocycles. The molecular formula is C17H22N2O. The van der Waals surface area contributed by atoms with E-state index in [1.165, 1.54) is 0 Å². The topological polar surface area (TPSA) is 42.0 Å². The van der Waals surface area contributed by atoms with Gasteiger partial charge < -0.3 is 5.32 Å². The Bertz CT molecular complexity index is 574. The first-order valence-electron chi connectivity index (χ1n) is 7.40. The monoisotopic (exact) mass is 270 g/mol. The van der Waals surface area contributed by atoms with Crippen LogP contribution in [0.25, 0.3) is 10.9 Å². The van der Waals surface area contributed by atoms with Gasteiger partial charge in [0.2, 0.25) is 0 Å². The lowest BCUT2D eigenvalue weighted by Crippen LogP contribution is -2.34. The van der Waals surface area contributed by atoms with E-state index in [0.29, 0.717) is 5.56 Å². The first-order chi connectivity index (χ1) is 9.74. The Labute approximate surface area is 120 Å². The molecule has 1 heterocycles. The number of pyridine rings is 1. The minimum atomic E-state index is -0.0184. The molecule has 0 fully saturated rings. The maximum absolute atomic E-state index is 12.3. The number of nitrogens with one attached hydrogen (secondary N) is 1. The molecule has 0 atom stereocenters.